The maximum atomic E-state index is 10.4. The molecule has 2 bridgehead atoms. The van der Waals surface area contributed by atoms with Crippen LogP contribution in [0.25, 0.3) is 0 Å². The van der Waals surface area contributed by atoms with E-state index in [1.165, 1.54) is 11.1 Å². The SMILES string of the molecule is CN1CC[C@@]23c4c5ccc(O)c4O[C@@H]2[C@@H](O)C=C[C@@H]3[C@H]1C5. The van der Waals surface area contributed by atoms with E-state index in [1.54, 1.807) is 6.07 Å². The molecule has 5 atom stereocenters. The number of likely N-dealkylation sites (N-methyl/N-ethyl adjacent to an activating group) is 1. The summed E-state index contributed by atoms with van der Waals surface area (Å²) in [5.41, 5.74) is 2.29. The van der Waals surface area contributed by atoms with Crippen LogP contribution in [-0.2, 0) is 11.8 Å². The number of nitrogens with zero attached hydrogens (tertiary/aromatic N) is 1. The monoisotopic (exact) mass is 285 g/mol. The molecule has 4 aliphatic rings. The lowest BCUT2D eigenvalue weighted by molar-refractivity contribution is -0.0453. The quantitative estimate of drug-likeness (QED) is 0.703. The van der Waals surface area contributed by atoms with Crippen LogP contribution in [-0.4, -0.2) is 47.0 Å². The Labute approximate surface area is 123 Å². The van der Waals surface area contributed by atoms with Gasteiger partial charge in [-0.2, -0.15) is 0 Å². The predicted molar refractivity (Wildman–Crippen MR) is 77.6 cm³/mol. The molecule has 1 aromatic carbocycles. The van der Waals surface area contributed by atoms with Crippen LogP contribution in [0.1, 0.15) is 17.5 Å². The minimum atomic E-state index is -0.594. The average Bonchev–Trinajstić information content (AvgIpc) is 2.83. The summed E-state index contributed by atoms with van der Waals surface area (Å²) >= 11 is 0. The maximum Gasteiger partial charge on any atom is 0.165 e. The van der Waals surface area contributed by atoms with Crippen molar-refractivity contribution in [1.82, 2.24) is 4.90 Å². The largest absolute Gasteiger partial charge is 0.504 e. The lowest BCUT2D eigenvalue weighted by Crippen LogP contribution is -2.64. The Hall–Kier alpha value is -1.52. The summed E-state index contributed by atoms with van der Waals surface area (Å²) in [7, 11) is 2.19. The molecule has 1 spiro atoms. The van der Waals surface area contributed by atoms with Gasteiger partial charge in [0.1, 0.15) is 12.2 Å². The summed E-state index contributed by atoms with van der Waals surface area (Å²) in [6, 6.07) is 4.23. The molecule has 2 aliphatic carbocycles. The molecule has 1 saturated heterocycles. The van der Waals surface area contributed by atoms with E-state index in [9.17, 15) is 10.2 Å². The number of likely N-dealkylation sites (tertiary alicyclic amines) is 1. The Balaban J connectivity index is 1.84. The fraction of sp³-hybridized carbons (Fsp3) is 0.529. The Morgan fingerprint density at radius 1 is 1.33 bits per heavy atom. The zero-order valence-electron chi connectivity index (χ0n) is 12.0. The highest BCUT2D eigenvalue weighted by atomic mass is 16.5. The van der Waals surface area contributed by atoms with Crippen molar-refractivity contribution in [2.75, 3.05) is 13.6 Å². The molecule has 110 valence electrons. The fourth-order valence-electron chi connectivity index (χ4n) is 5.24. The van der Waals surface area contributed by atoms with Gasteiger partial charge in [-0.1, -0.05) is 18.2 Å². The molecule has 21 heavy (non-hydrogen) atoms. The second kappa shape index (κ2) is 3.62. The van der Waals surface area contributed by atoms with Gasteiger partial charge in [0.2, 0.25) is 0 Å². The van der Waals surface area contributed by atoms with Gasteiger partial charge in [0, 0.05) is 22.9 Å². The minimum Gasteiger partial charge on any atom is -0.504 e. The van der Waals surface area contributed by atoms with Crippen LogP contribution in [0.3, 0.4) is 0 Å². The fourth-order valence-corrected chi connectivity index (χ4v) is 5.24. The molecule has 2 aliphatic heterocycles. The molecule has 0 unspecified atom stereocenters. The van der Waals surface area contributed by atoms with Gasteiger partial charge in [0.05, 0.1) is 0 Å². The Bertz CT molecular complexity index is 670. The molecular weight excluding hydrogens is 266 g/mol. The first kappa shape index (κ1) is 12.1. The van der Waals surface area contributed by atoms with Gasteiger partial charge in [-0.25, -0.2) is 0 Å². The molecule has 0 amide bonds. The van der Waals surface area contributed by atoms with Crippen LogP contribution < -0.4 is 4.74 Å². The Morgan fingerprint density at radius 2 is 2.19 bits per heavy atom. The van der Waals surface area contributed by atoms with E-state index in [2.05, 4.69) is 18.0 Å². The zero-order valence-corrected chi connectivity index (χ0v) is 12.0. The molecule has 0 saturated carbocycles. The van der Waals surface area contributed by atoms with Crippen LogP contribution in [0.15, 0.2) is 24.3 Å². The third-order valence-corrected chi connectivity index (χ3v) is 6.15. The topological polar surface area (TPSA) is 52.9 Å². The van der Waals surface area contributed by atoms with Crippen molar-refractivity contribution < 1.29 is 14.9 Å². The summed E-state index contributed by atoms with van der Waals surface area (Å²) in [4.78, 5) is 2.43. The molecule has 0 aromatic heterocycles. The van der Waals surface area contributed by atoms with Crippen LogP contribution in [0.2, 0.25) is 0 Å². The van der Waals surface area contributed by atoms with Gasteiger partial charge in [-0.15, -0.1) is 0 Å². The number of hydrogen-bond acceptors (Lipinski definition) is 4. The molecule has 4 nitrogen and oxygen atoms in total. The highest BCUT2D eigenvalue weighted by Crippen LogP contribution is 2.62. The second-order valence-electron chi connectivity index (χ2n) is 6.93. The molecular formula is C17H19NO3. The highest BCUT2D eigenvalue weighted by molar-refractivity contribution is 5.61. The number of aromatic hydroxyl groups is 1. The van der Waals surface area contributed by atoms with Crippen molar-refractivity contribution in [2.24, 2.45) is 5.92 Å². The van der Waals surface area contributed by atoms with E-state index in [0.717, 1.165) is 19.4 Å². The first-order valence-corrected chi connectivity index (χ1v) is 7.71. The van der Waals surface area contributed by atoms with Crippen LogP contribution >= 0.6 is 0 Å². The molecule has 0 radical (unpaired) electrons. The number of ether oxygens (including phenoxy) is 1. The number of piperidine rings is 1. The number of hydrogen-bond donors (Lipinski definition) is 2. The smallest absolute Gasteiger partial charge is 0.165 e. The summed E-state index contributed by atoms with van der Waals surface area (Å²) in [6.45, 7) is 1.01. The molecule has 2 N–H and O–H groups in total. The Morgan fingerprint density at radius 3 is 3.05 bits per heavy atom. The van der Waals surface area contributed by atoms with Crippen molar-refractivity contribution in [3.05, 3.63) is 35.4 Å². The Kier molecular flexibility index (Phi) is 2.08. The number of phenols is 1. The predicted octanol–water partition coefficient (Wildman–Crippen LogP) is 1.20. The summed E-state index contributed by atoms with van der Waals surface area (Å²) < 4.78 is 6.09. The third-order valence-electron chi connectivity index (χ3n) is 6.15. The average molecular weight is 285 g/mol. The molecule has 1 fully saturated rings. The van der Waals surface area contributed by atoms with Gasteiger partial charge in [-0.3, -0.25) is 0 Å². The maximum absolute atomic E-state index is 10.4. The van der Waals surface area contributed by atoms with Gasteiger partial charge in [-0.05, 0) is 38.1 Å². The second-order valence-corrected chi connectivity index (χ2v) is 6.93. The van der Waals surface area contributed by atoms with E-state index in [1.807, 2.05) is 12.1 Å². The molecule has 5 rings (SSSR count). The van der Waals surface area contributed by atoms with Crippen molar-refractivity contribution in [3.8, 4) is 11.5 Å². The standard InChI is InChI=1S/C17H19NO3/c1-18-7-6-17-10-3-5-13(20)16(17)21-15-12(19)4-2-9(14(15)17)8-11(10)18/h2-5,10-11,13,16,19-20H,6-8H2,1H3/t10-,11-,13+,16-,17-/m1/s1. The molecule has 2 heterocycles. The summed E-state index contributed by atoms with van der Waals surface area (Å²) in [5.74, 6) is 1.19. The van der Waals surface area contributed by atoms with E-state index in [0.29, 0.717) is 17.7 Å². The number of benzene rings is 1. The van der Waals surface area contributed by atoms with Crippen LogP contribution in [0.4, 0.5) is 0 Å². The van der Waals surface area contributed by atoms with Crippen LogP contribution in [0.5, 0.6) is 11.5 Å². The number of aliphatic hydroxyl groups is 1. The normalized spacial score (nSPS) is 42.6. The van der Waals surface area contributed by atoms with Gasteiger partial charge >= 0.3 is 0 Å². The van der Waals surface area contributed by atoms with Crippen molar-refractivity contribution in [3.63, 3.8) is 0 Å². The summed E-state index contributed by atoms with van der Waals surface area (Å²) in [5, 5.41) is 20.6. The lowest BCUT2D eigenvalue weighted by atomic mass is 9.53. The zero-order chi connectivity index (χ0) is 14.4. The van der Waals surface area contributed by atoms with E-state index in [4.69, 9.17) is 4.74 Å². The highest BCUT2D eigenvalue weighted by Gasteiger charge is 2.64. The van der Waals surface area contributed by atoms with Crippen molar-refractivity contribution in [2.45, 2.75) is 36.5 Å². The summed E-state index contributed by atoms with van der Waals surface area (Å²) in [6.07, 6.45) is 5.18. The number of aliphatic hydroxyl groups excluding tert-OH is 1. The van der Waals surface area contributed by atoms with Crippen molar-refractivity contribution in [1.29, 1.82) is 0 Å². The first-order chi connectivity index (χ1) is 10.1. The number of rotatable bonds is 0. The first-order valence-electron chi connectivity index (χ1n) is 7.71. The minimum absolute atomic E-state index is 0.160. The van der Waals surface area contributed by atoms with Crippen LogP contribution in [0, 0.1) is 5.92 Å². The molecule has 1 aromatic rings. The van der Waals surface area contributed by atoms with E-state index in [-0.39, 0.29) is 17.3 Å². The van der Waals surface area contributed by atoms with Gasteiger partial charge in [0.15, 0.2) is 11.5 Å². The van der Waals surface area contributed by atoms with Gasteiger partial charge < -0.3 is 19.8 Å². The lowest BCUT2D eigenvalue weighted by Gasteiger charge is -2.56. The van der Waals surface area contributed by atoms with Gasteiger partial charge in [0.25, 0.3) is 0 Å². The molecule has 4 heteroatoms. The van der Waals surface area contributed by atoms with E-state index < -0.39 is 6.10 Å². The van der Waals surface area contributed by atoms with Crippen molar-refractivity contribution >= 4 is 0 Å². The number of phenolic OH excluding ortho intramolecular Hbond substituents is 1. The third kappa shape index (κ3) is 1.21. The van der Waals surface area contributed by atoms with E-state index >= 15 is 0 Å².